The van der Waals surface area contributed by atoms with Crippen molar-refractivity contribution in [1.82, 2.24) is 9.55 Å². The van der Waals surface area contributed by atoms with Gasteiger partial charge in [0.05, 0.1) is 16.7 Å². The molecule has 0 fully saturated rings. The number of halogens is 1. The van der Waals surface area contributed by atoms with Gasteiger partial charge in [0.25, 0.3) is 0 Å². The molecular weight excluding hydrogens is 473 g/mol. The number of fused-ring (bicyclic) bond motifs is 2. The Morgan fingerprint density at radius 1 is 1.26 bits per heavy atom. The Labute approximate surface area is 233 Å². The first-order valence-corrected chi connectivity index (χ1v) is 11.8. The van der Waals surface area contributed by atoms with Crippen LogP contribution in [0.4, 0.5) is 5.69 Å². The summed E-state index contributed by atoms with van der Waals surface area (Å²) in [5.41, 5.74) is 7.25. The van der Waals surface area contributed by atoms with E-state index in [2.05, 4.69) is 41.9 Å². The van der Waals surface area contributed by atoms with Crippen LogP contribution in [0.3, 0.4) is 0 Å². The second-order valence-electron chi connectivity index (χ2n) is 8.43. The molecule has 0 bridgehead atoms. The topological polar surface area (TPSA) is 65.4 Å². The maximum atomic E-state index is 11.3. The van der Waals surface area contributed by atoms with Gasteiger partial charge in [0.1, 0.15) is 18.2 Å². The minimum absolute atomic E-state index is 0. The molecular formula is C27H27ClN3NaO3. The standard InChI is InChI=1S/C27H26ClN3O3.Na.H/c1-4-27-30-22-11-8-19(28)12-24(22)31(27)23-7-5-6-18(16(23)2)14-29-20-9-10-21-25(13-20)33-15-26(21)34-17(3)32;;/h5-13,26,29H,4,14-15H2,1-3H3;;/q;+1;-1/t26-;;/m1../s1. The molecule has 176 valence electrons. The molecule has 2 heterocycles. The first-order chi connectivity index (χ1) is 16.4. The van der Waals surface area contributed by atoms with Gasteiger partial charge in [-0.2, -0.15) is 0 Å². The van der Waals surface area contributed by atoms with Gasteiger partial charge in [0.2, 0.25) is 0 Å². The molecule has 1 atom stereocenters. The number of rotatable bonds is 6. The van der Waals surface area contributed by atoms with Crippen LogP contribution in [0.1, 0.15) is 43.9 Å². The molecule has 5 rings (SSSR count). The summed E-state index contributed by atoms with van der Waals surface area (Å²) in [7, 11) is 0. The van der Waals surface area contributed by atoms with Crippen molar-refractivity contribution in [1.29, 1.82) is 0 Å². The summed E-state index contributed by atoms with van der Waals surface area (Å²) >= 11 is 6.31. The predicted molar refractivity (Wildman–Crippen MR) is 135 cm³/mol. The van der Waals surface area contributed by atoms with E-state index in [1.54, 1.807) is 0 Å². The fraction of sp³-hybridized carbons (Fsp3) is 0.259. The Morgan fingerprint density at radius 2 is 2.09 bits per heavy atom. The molecule has 0 saturated heterocycles. The zero-order chi connectivity index (χ0) is 23.8. The molecule has 0 amide bonds. The van der Waals surface area contributed by atoms with Crippen molar-refractivity contribution in [3.63, 3.8) is 0 Å². The molecule has 1 aromatic heterocycles. The molecule has 0 unspecified atom stereocenters. The van der Waals surface area contributed by atoms with E-state index in [-0.39, 0.29) is 43.1 Å². The van der Waals surface area contributed by atoms with Crippen LogP contribution >= 0.6 is 11.6 Å². The molecule has 1 aliphatic heterocycles. The zero-order valence-corrected chi connectivity index (χ0v) is 23.1. The number of benzene rings is 3. The van der Waals surface area contributed by atoms with E-state index in [9.17, 15) is 4.79 Å². The van der Waals surface area contributed by atoms with Crippen molar-refractivity contribution in [3.8, 4) is 11.4 Å². The van der Waals surface area contributed by atoms with E-state index in [1.165, 1.54) is 18.1 Å². The molecule has 8 heteroatoms. The van der Waals surface area contributed by atoms with Crippen LogP contribution in [-0.4, -0.2) is 22.1 Å². The largest absolute Gasteiger partial charge is 1.00 e. The number of hydrogen-bond donors (Lipinski definition) is 1. The van der Waals surface area contributed by atoms with Gasteiger partial charge in [-0.15, -0.1) is 0 Å². The predicted octanol–water partition coefficient (Wildman–Crippen LogP) is 3.27. The number of anilines is 1. The third-order valence-corrected chi connectivity index (χ3v) is 6.44. The first kappa shape index (κ1) is 25.6. The summed E-state index contributed by atoms with van der Waals surface area (Å²) in [6.45, 7) is 6.66. The smallest absolute Gasteiger partial charge is 1.00 e. The second-order valence-corrected chi connectivity index (χ2v) is 8.86. The maximum absolute atomic E-state index is 11.3. The van der Waals surface area contributed by atoms with Crippen LogP contribution in [0, 0.1) is 6.92 Å². The fourth-order valence-corrected chi connectivity index (χ4v) is 4.66. The summed E-state index contributed by atoms with van der Waals surface area (Å²) in [6.07, 6.45) is 0.476. The van der Waals surface area contributed by atoms with E-state index in [4.69, 9.17) is 26.1 Å². The Kier molecular flexibility index (Phi) is 7.77. The van der Waals surface area contributed by atoms with E-state index < -0.39 is 0 Å². The van der Waals surface area contributed by atoms with Crippen LogP contribution in [0.15, 0.2) is 54.6 Å². The Morgan fingerprint density at radius 3 is 2.86 bits per heavy atom. The van der Waals surface area contributed by atoms with Crippen LogP contribution in [0.25, 0.3) is 16.7 Å². The maximum Gasteiger partial charge on any atom is 1.00 e. The number of aromatic nitrogens is 2. The molecule has 0 aliphatic carbocycles. The minimum Gasteiger partial charge on any atom is -1.00 e. The molecule has 4 aromatic rings. The number of imidazole rings is 1. The average Bonchev–Trinajstić information content (AvgIpc) is 3.38. The molecule has 0 spiro atoms. The monoisotopic (exact) mass is 499 g/mol. The van der Waals surface area contributed by atoms with Crippen molar-refractivity contribution in [2.75, 3.05) is 11.9 Å². The number of nitrogens with zero attached hydrogens (tertiary/aromatic N) is 2. The van der Waals surface area contributed by atoms with E-state index >= 15 is 0 Å². The normalized spacial score (nSPS) is 14.2. The van der Waals surface area contributed by atoms with Crippen LogP contribution < -0.4 is 39.6 Å². The molecule has 0 saturated carbocycles. The zero-order valence-electron chi connectivity index (χ0n) is 21.4. The van der Waals surface area contributed by atoms with Gasteiger partial charge in [-0.3, -0.25) is 9.36 Å². The van der Waals surface area contributed by atoms with Gasteiger partial charge in [0.15, 0.2) is 6.10 Å². The number of carbonyl (C=O) groups excluding carboxylic acids is 1. The Bertz CT molecular complexity index is 1410. The van der Waals surface area contributed by atoms with E-state index in [0.717, 1.165) is 46.0 Å². The quantitative estimate of drug-likeness (QED) is 0.326. The fourth-order valence-electron chi connectivity index (χ4n) is 4.49. The number of nitrogens with one attached hydrogen (secondary N) is 1. The summed E-state index contributed by atoms with van der Waals surface area (Å²) in [5.74, 6) is 1.44. The second kappa shape index (κ2) is 10.6. The summed E-state index contributed by atoms with van der Waals surface area (Å²) in [6, 6.07) is 18.0. The van der Waals surface area contributed by atoms with Crippen molar-refractivity contribution < 1.29 is 45.3 Å². The summed E-state index contributed by atoms with van der Waals surface area (Å²) < 4.78 is 13.3. The van der Waals surface area contributed by atoms with Crippen LogP contribution in [0.2, 0.25) is 5.02 Å². The van der Waals surface area contributed by atoms with Crippen molar-refractivity contribution in [2.24, 2.45) is 0 Å². The average molecular weight is 500 g/mol. The van der Waals surface area contributed by atoms with Crippen molar-refractivity contribution >= 4 is 34.3 Å². The van der Waals surface area contributed by atoms with Crippen molar-refractivity contribution in [2.45, 2.75) is 39.8 Å². The van der Waals surface area contributed by atoms with E-state index in [1.807, 2.05) is 36.4 Å². The third-order valence-electron chi connectivity index (χ3n) is 6.20. The Balaban J connectivity index is 0.00000180. The minimum atomic E-state index is -0.341. The van der Waals surface area contributed by atoms with Gasteiger partial charge in [-0.1, -0.05) is 30.7 Å². The van der Waals surface area contributed by atoms with Gasteiger partial charge < -0.3 is 16.2 Å². The van der Waals surface area contributed by atoms with E-state index in [0.29, 0.717) is 18.2 Å². The molecule has 3 aromatic carbocycles. The third kappa shape index (κ3) is 5.07. The molecule has 1 aliphatic rings. The van der Waals surface area contributed by atoms with Crippen molar-refractivity contribution in [3.05, 3.63) is 82.1 Å². The Hall–Kier alpha value is -2.51. The van der Waals surface area contributed by atoms with Gasteiger partial charge in [0, 0.05) is 42.2 Å². The number of aryl methyl sites for hydroxylation is 1. The molecule has 0 radical (unpaired) electrons. The van der Waals surface area contributed by atoms with Gasteiger partial charge in [-0.05, 0) is 54.4 Å². The summed E-state index contributed by atoms with van der Waals surface area (Å²) in [4.78, 5) is 16.1. The molecule has 1 N–H and O–H groups in total. The van der Waals surface area contributed by atoms with Gasteiger partial charge >= 0.3 is 35.5 Å². The van der Waals surface area contributed by atoms with Crippen LogP contribution in [0.5, 0.6) is 5.75 Å². The number of carbonyl (C=O) groups is 1. The number of hydrogen-bond acceptors (Lipinski definition) is 5. The van der Waals surface area contributed by atoms with Crippen LogP contribution in [-0.2, 0) is 22.5 Å². The number of ether oxygens (including phenoxy) is 2. The first-order valence-electron chi connectivity index (χ1n) is 11.4. The SMILES string of the molecule is CCc1nc2ccc(Cl)cc2n1-c1cccc(CNc2ccc3c(c2)OC[C@H]3OC(C)=O)c1C.[H-].[Na+]. The van der Waals surface area contributed by atoms with Gasteiger partial charge in [-0.25, -0.2) is 4.98 Å². The summed E-state index contributed by atoms with van der Waals surface area (Å²) in [5, 5.41) is 4.20. The number of esters is 1. The molecule has 35 heavy (non-hydrogen) atoms. The molecule has 6 nitrogen and oxygen atoms in total.